The van der Waals surface area contributed by atoms with E-state index < -0.39 is 0 Å². The second-order valence-electron chi connectivity index (χ2n) is 2.65. The first-order chi connectivity index (χ1) is 6.27. The van der Waals surface area contributed by atoms with Crippen LogP contribution in [-0.4, -0.2) is 5.11 Å². The molecule has 0 spiro atoms. The highest BCUT2D eigenvalue weighted by Crippen LogP contribution is 2.33. The highest BCUT2D eigenvalue weighted by molar-refractivity contribution is 9.11. The standard InChI is InChI=1S/C10H7BrOS/c11-10-9(5-6-13-10)7-1-3-8(12)4-2-7/h1-6,12H. The average Bonchev–Trinajstić information content (AvgIpc) is 2.53. The molecule has 1 aromatic heterocycles. The van der Waals surface area contributed by atoms with Crippen molar-refractivity contribution in [3.8, 4) is 16.9 Å². The van der Waals surface area contributed by atoms with Crippen molar-refractivity contribution in [1.29, 1.82) is 0 Å². The fraction of sp³-hybridized carbons (Fsp3) is 0. The number of rotatable bonds is 1. The first-order valence-corrected chi connectivity index (χ1v) is 5.47. The molecule has 0 saturated carbocycles. The molecule has 0 aliphatic carbocycles. The van der Waals surface area contributed by atoms with Crippen molar-refractivity contribution in [1.82, 2.24) is 0 Å². The smallest absolute Gasteiger partial charge is 0.115 e. The Morgan fingerprint density at radius 2 is 1.77 bits per heavy atom. The largest absolute Gasteiger partial charge is 0.508 e. The van der Waals surface area contributed by atoms with E-state index in [1.54, 1.807) is 23.5 Å². The van der Waals surface area contributed by atoms with Gasteiger partial charge in [-0.3, -0.25) is 0 Å². The van der Waals surface area contributed by atoms with Gasteiger partial charge in [-0.1, -0.05) is 12.1 Å². The monoisotopic (exact) mass is 254 g/mol. The van der Waals surface area contributed by atoms with Crippen LogP contribution in [0.1, 0.15) is 0 Å². The molecule has 0 saturated heterocycles. The third-order valence-corrected chi connectivity index (χ3v) is 3.48. The highest BCUT2D eigenvalue weighted by atomic mass is 79.9. The maximum absolute atomic E-state index is 9.11. The molecular weight excluding hydrogens is 248 g/mol. The molecule has 66 valence electrons. The topological polar surface area (TPSA) is 20.2 Å². The van der Waals surface area contributed by atoms with Gasteiger partial charge in [0.1, 0.15) is 5.75 Å². The summed E-state index contributed by atoms with van der Waals surface area (Å²) in [6, 6.07) is 9.25. The molecule has 1 heterocycles. The third kappa shape index (κ3) is 1.76. The van der Waals surface area contributed by atoms with Gasteiger partial charge in [-0.25, -0.2) is 0 Å². The maximum Gasteiger partial charge on any atom is 0.115 e. The van der Waals surface area contributed by atoms with Crippen LogP contribution in [0.2, 0.25) is 0 Å². The summed E-state index contributed by atoms with van der Waals surface area (Å²) in [5.41, 5.74) is 2.29. The van der Waals surface area contributed by atoms with E-state index in [-0.39, 0.29) is 0 Å². The van der Waals surface area contributed by atoms with E-state index in [4.69, 9.17) is 5.11 Å². The molecule has 0 aliphatic heterocycles. The number of benzene rings is 1. The summed E-state index contributed by atoms with van der Waals surface area (Å²) < 4.78 is 1.12. The van der Waals surface area contributed by atoms with Crippen LogP contribution in [-0.2, 0) is 0 Å². The van der Waals surface area contributed by atoms with Crippen molar-refractivity contribution in [2.75, 3.05) is 0 Å². The van der Waals surface area contributed by atoms with Gasteiger partial charge in [-0.2, -0.15) is 0 Å². The van der Waals surface area contributed by atoms with Crippen molar-refractivity contribution in [3.63, 3.8) is 0 Å². The van der Waals surface area contributed by atoms with Crippen LogP contribution in [0.4, 0.5) is 0 Å². The Bertz CT molecular complexity index is 405. The predicted octanol–water partition coefficient (Wildman–Crippen LogP) is 3.88. The lowest BCUT2D eigenvalue weighted by molar-refractivity contribution is 0.475. The first-order valence-electron chi connectivity index (χ1n) is 3.80. The molecule has 0 unspecified atom stereocenters. The van der Waals surface area contributed by atoms with Crippen molar-refractivity contribution < 1.29 is 5.11 Å². The van der Waals surface area contributed by atoms with Crippen LogP contribution in [0.3, 0.4) is 0 Å². The van der Waals surface area contributed by atoms with Gasteiger partial charge in [0.25, 0.3) is 0 Å². The molecule has 0 aliphatic rings. The lowest BCUT2D eigenvalue weighted by Gasteiger charge is -1.98. The Morgan fingerprint density at radius 1 is 1.08 bits per heavy atom. The Morgan fingerprint density at radius 3 is 2.31 bits per heavy atom. The minimum absolute atomic E-state index is 0.301. The van der Waals surface area contributed by atoms with Crippen LogP contribution in [0.15, 0.2) is 39.5 Å². The number of aromatic hydroxyl groups is 1. The Kier molecular flexibility index (Phi) is 2.38. The van der Waals surface area contributed by atoms with Crippen LogP contribution in [0.5, 0.6) is 5.75 Å². The van der Waals surface area contributed by atoms with Gasteiger partial charge in [0.2, 0.25) is 0 Å². The lowest BCUT2D eigenvalue weighted by atomic mass is 10.1. The second kappa shape index (κ2) is 3.52. The molecule has 1 nitrogen and oxygen atoms in total. The fourth-order valence-electron chi connectivity index (χ4n) is 1.14. The molecule has 0 fully saturated rings. The van der Waals surface area contributed by atoms with Gasteiger partial charge in [0.05, 0.1) is 3.79 Å². The molecule has 1 aromatic carbocycles. The molecule has 13 heavy (non-hydrogen) atoms. The summed E-state index contributed by atoms with van der Waals surface area (Å²) in [7, 11) is 0. The minimum atomic E-state index is 0.301. The second-order valence-corrected chi connectivity index (χ2v) is 4.89. The van der Waals surface area contributed by atoms with Crippen LogP contribution >= 0.6 is 27.3 Å². The quantitative estimate of drug-likeness (QED) is 0.819. The van der Waals surface area contributed by atoms with E-state index in [0.717, 1.165) is 9.35 Å². The maximum atomic E-state index is 9.11. The number of hydrogen-bond donors (Lipinski definition) is 1. The first kappa shape index (κ1) is 8.78. The van der Waals surface area contributed by atoms with Gasteiger partial charge >= 0.3 is 0 Å². The molecule has 2 aromatic rings. The zero-order valence-electron chi connectivity index (χ0n) is 6.70. The van der Waals surface area contributed by atoms with Crippen molar-refractivity contribution >= 4 is 27.3 Å². The predicted molar refractivity (Wildman–Crippen MR) is 59.1 cm³/mol. The van der Waals surface area contributed by atoms with Crippen molar-refractivity contribution in [2.24, 2.45) is 0 Å². The number of thiophene rings is 1. The summed E-state index contributed by atoms with van der Waals surface area (Å²) in [4.78, 5) is 0. The Hall–Kier alpha value is -0.800. The molecule has 0 atom stereocenters. The summed E-state index contributed by atoms with van der Waals surface area (Å²) in [5.74, 6) is 0.301. The molecule has 0 radical (unpaired) electrons. The summed E-state index contributed by atoms with van der Waals surface area (Å²) >= 11 is 5.14. The van der Waals surface area contributed by atoms with Gasteiger partial charge < -0.3 is 5.11 Å². The SMILES string of the molecule is Oc1ccc(-c2ccsc2Br)cc1. The van der Waals surface area contributed by atoms with Crippen LogP contribution < -0.4 is 0 Å². The Labute approximate surface area is 88.8 Å². The van der Waals surface area contributed by atoms with E-state index >= 15 is 0 Å². The fourth-order valence-corrected chi connectivity index (χ4v) is 2.46. The van der Waals surface area contributed by atoms with E-state index in [1.165, 1.54) is 5.56 Å². The van der Waals surface area contributed by atoms with Gasteiger partial charge in [-0.15, -0.1) is 11.3 Å². The van der Waals surface area contributed by atoms with E-state index in [0.29, 0.717) is 5.75 Å². The average molecular weight is 255 g/mol. The molecule has 1 N–H and O–H groups in total. The van der Waals surface area contributed by atoms with E-state index in [9.17, 15) is 0 Å². The molecule has 2 rings (SSSR count). The zero-order valence-corrected chi connectivity index (χ0v) is 9.10. The van der Waals surface area contributed by atoms with Gasteiger partial charge in [0, 0.05) is 5.56 Å². The lowest BCUT2D eigenvalue weighted by Crippen LogP contribution is -1.72. The Balaban J connectivity index is 2.47. The van der Waals surface area contributed by atoms with Gasteiger partial charge in [0.15, 0.2) is 0 Å². The number of phenolic OH excluding ortho intramolecular Hbond substituents is 1. The highest BCUT2D eigenvalue weighted by Gasteiger charge is 2.03. The zero-order chi connectivity index (χ0) is 9.26. The number of phenols is 1. The molecule has 0 amide bonds. The van der Waals surface area contributed by atoms with E-state index in [2.05, 4.69) is 22.0 Å². The van der Waals surface area contributed by atoms with Gasteiger partial charge in [-0.05, 0) is 45.1 Å². The summed E-state index contributed by atoms with van der Waals surface area (Å²) in [6.07, 6.45) is 0. The molecule has 0 bridgehead atoms. The number of hydrogen-bond acceptors (Lipinski definition) is 2. The summed E-state index contributed by atoms with van der Waals surface area (Å²) in [6.45, 7) is 0. The number of halogens is 1. The van der Waals surface area contributed by atoms with Crippen LogP contribution in [0, 0.1) is 0 Å². The van der Waals surface area contributed by atoms with Crippen molar-refractivity contribution in [2.45, 2.75) is 0 Å². The van der Waals surface area contributed by atoms with Crippen molar-refractivity contribution in [3.05, 3.63) is 39.5 Å². The van der Waals surface area contributed by atoms with E-state index in [1.807, 2.05) is 17.5 Å². The normalized spacial score (nSPS) is 10.2. The molecule has 3 heteroatoms. The summed E-state index contributed by atoms with van der Waals surface area (Å²) in [5, 5.41) is 11.1. The van der Waals surface area contributed by atoms with Crippen LogP contribution in [0.25, 0.3) is 11.1 Å². The minimum Gasteiger partial charge on any atom is -0.508 e. The molecular formula is C10H7BrOS. The third-order valence-electron chi connectivity index (χ3n) is 1.80.